The molecule has 1 fully saturated rings. The van der Waals surface area contributed by atoms with Crippen LogP contribution in [0.5, 0.6) is 11.5 Å². The van der Waals surface area contributed by atoms with E-state index in [1.165, 1.54) is 0 Å². The van der Waals surface area contributed by atoms with Crippen LogP contribution in [-0.4, -0.2) is 48.1 Å². The molecule has 1 unspecified atom stereocenters. The van der Waals surface area contributed by atoms with Crippen LogP contribution in [0.4, 0.5) is 0 Å². The van der Waals surface area contributed by atoms with E-state index in [1.807, 2.05) is 24.0 Å². The first-order valence-electron chi connectivity index (χ1n) is 8.98. The quantitative estimate of drug-likeness (QED) is 0.863. The van der Waals surface area contributed by atoms with Gasteiger partial charge in [0.15, 0.2) is 11.5 Å². The van der Waals surface area contributed by atoms with E-state index in [2.05, 4.69) is 17.2 Å². The van der Waals surface area contributed by atoms with Crippen LogP contribution in [-0.2, 0) is 6.61 Å². The Hall–Kier alpha value is -2.60. The number of benzene rings is 1. The smallest absolute Gasteiger partial charge is 0.254 e. The van der Waals surface area contributed by atoms with Crippen LogP contribution in [0, 0.1) is 0 Å². The number of amides is 1. The van der Waals surface area contributed by atoms with E-state index in [1.54, 1.807) is 30.6 Å². The second-order valence-electron chi connectivity index (χ2n) is 6.35. The van der Waals surface area contributed by atoms with E-state index in [4.69, 9.17) is 9.47 Å². The van der Waals surface area contributed by atoms with Crippen LogP contribution in [0.1, 0.15) is 29.8 Å². The summed E-state index contributed by atoms with van der Waals surface area (Å²) in [5, 5.41) is 3.35. The molecule has 1 aromatic carbocycles. The molecule has 1 N–H and O–H groups in total. The largest absolute Gasteiger partial charge is 0.490 e. The Labute approximate surface area is 154 Å². The van der Waals surface area contributed by atoms with Crippen molar-refractivity contribution in [3.05, 3.63) is 53.9 Å². The van der Waals surface area contributed by atoms with Gasteiger partial charge in [0.25, 0.3) is 5.91 Å². The zero-order chi connectivity index (χ0) is 18.4. The van der Waals surface area contributed by atoms with E-state index in [0.717, 1.165) is 12.1 Å². The van der Waals surface area contributed by atoms with Gasteiger partial charge in [-0.25, -0.2) is 0 Å². The molecule has 138 valence electrons. The maximum atomic E-state index is 12.8. The van der Waals surface area contributed by atoms with E-state index < -0.39 is 0 Å². The Balaban J connectivity index is 1.74. The summed E-state index contributed by atoms with van der Waals surface area (Å²) < 4.78 is 11.6. The van der Waals surface area contributed by atoms with Gasteiger partial charge in [0.1, 0.15) is 6.61 Å². The highest BCUT2D eigenvalue weighted by Crippen LogP contribution is 2.30. The van der Waals surface area contributed by atoms with E-state index in [9.17, 15) is 4.79 Å². The molecule has 26 heavy (non-hydrogen) atoms. The monoisotopic (exact) mass is 355 g/mol. The van der Waals surface area contributed by atoms with Crippen LogP contribution >= 0.6 is 0 Å². The fourth-order valence-electron chi connectivity index (χ4n) is 2.97. The lowest BCUT2D eigenvalue weighted by Gasteiger charge is -2.32. The predicted molar refractivity (Wildman–Crippen MR) is 99.5 cm³/mol. The third-order valence-electron chi connectivity index (χ3n) is 4.26. The lowest BCUT2D eigenvalue weighted by molar-refractivity contribution is 0.0708. The van der Waals surface area contributed by atoms with Crippen molar-refractivity contribution < 1.29 is 14.3 Å². The second-order valence-corrected chi connectivity index (χ2v) is 6.35. The maximum absolute atomic E-state index is 12.8. The van der Waals surface area contributed by atoms with Gasteiger partial charge in [-0.05, 0) is 38.1 Å². The molecule has 1 saturated heterocycles. The molecule has 6 nitrogen and oxygen atoms in total. The predicted octanol–water partition coefficient (Wildman–Crippen LogP) is 2.49. The van der Waals surface area contributed by atoms with Crippen LogP contribution in [0.3, 0.4) is 0 Å². The number of nitrogens with zero attached hydrogens (tertiary/aromatic N) is 2. The average Bonchev–Trinajstić information content (AvgIpc) is 2.67. The molecule has 0 aliphatic carbocycles. The van der Waals surface area contributed by atoms with Crippen molar-refractivity contribution in [2.24, 2.45) is 0 Å². The lowest BCUT2D eigenvalue weighted by atomic mass is 10.1. The Kier molecular flexibility index (Phi) is 6.07. The lowest BCUT2D eigenvalue weighted by Crippen LogP contribution is -2.51. The normalized spacial score (nSPS) is 17.0. The first-order chi connectivity index (χ1) is 12.7. The van der Waals surface area contributed by atoms with E-state index >= 15 is 0 Å². The fourth-order valence-corrected chi connectivity index (χ4v) is 2.97. The van der Waals surface area contributed by atoms with Gasteiger partial charge in [0.05, 0.1) is 6.61 Å². The third-order valence-corrected chi connectivity index (χ3v) is 4.26. The number of rotatable bonds is 6. The minimum absolute atomic E-state index is 0.0260. The molecule has 1 aliphatic rings. The zero-order valence-corrected chi connectivity index (χ0v) is 15.3. The maximum Gasteiger partial charge on any atom is 0.254 e. The standard InChI is InChI=1S/C20H25N3O3/c1-3-25-19-11-17(20(24)23-10-9-22-15(2)13-23)6-7-18(19)26-14-16-5-4-8-21-12-16/h4-8,11-12,15,22H,3,9-10,13-14H2,1-2H3. The highest BCUT2D eigenvalue weighted by atomic mass is 16.5. The number of ether oxygens (including phenoxy) is 2. The number of pyridine rings is 1. The van der Waals surface area contributed by atoms with Crippen LogP contribution < -0.4 is 14.8 Å². The molecule has 0 radical (unpaired) electrons. The molecule has 3 rings (SSSR count). The summed E-state index contributed by atoms with van der Waals surface area (Å²) in [6, 6.07) is 9.52. The Morgan fingerprint density at radius 3 is 2.92 bits per heavy atom. The number of hydrogen-bond donors (Lipinski definition) is 1. The summed E-state index contributed by atoms with van der Waals surface area (Å²) in [7, 11) is 0. The number of carbonyl (C=O) groups excluding carboxylic acids is 1. The number of carbonyl (C=O) groups is 1. The Morgan fingerprint density at radius 2 is 2.19 bits per heavy atom. The highest BCUT2D eigenvalue weighted by molar-refractivity contribution is 5.95. The molecule has 1 aromatic heterocycles. The number of hydrogen-bond acceptors (Lipinski definition) is 5. The number of piperazine rings is 1. The van der Waals surface area contributed by atoms with Crippen molar-refractivity contribution in [1.29, 1.82) is 0 Å². The highest BCUT2D eigenvalue weighted by Gasteiger charge is 2.22. The van der Waals surface area contributed by atoms with Gasteiger partial charge in [0.2, 0.25) is 0 Å². The van der Waals surface area contributed by atoms with Crippen molar-refractivity contribution in [3.63, 3.8) is 0 Å². The summed E-state index contributed by atoms with van der Waals surface area (Å²) in [5.41, 5.74) is 1.60. The third kappa shape index (κ3) is 4.52. The summed E-state index contributed by atoms with van der Waals surface area (Å²) in [6.07, 6.45) is 3.50. The van der Waals surface area contributed by atoms with Crippen molar-refractivity contribution in [2.75, 3.05) is 26.2 Å². The Morgan fingerprint density at radius 1 is 1.31 bits per heavy atom. The first-order valence-corrected chi connectivity index (χ1v) is 8.98. The molecular weight excluding hydrogens is 330 g/mol. The van der Waals surface area contributed by atoms with Crippen molar-refractivity contribution in [2.45, 2.75) is 26.5 Å². The van der Waals surface area contributed by atoms with Gasteiger partial charge in [-0.3, -0.25) is 9.78 Å². The van der Waals surface area contributed by atoms with Gasteiger partial charge in [-0.1, -0.05) is 6.07 Å². The van der Waals surface area contributed by atoms with E-state index in [-0.39, 0.29) is 5.91 Å². The summed E-state index contributed by atoms with van der Waals surface area (Å²) in [4.78, 5) is 18.7. The van der Waals surface area contributed by atoms with Crippen molar-refractivity contribution in [1.82, 2.24) is 15.2 Å². The molecule has 0 saturated carbocycles. The topological polar surface area (TPSA) is 63.7 Å². The molecule has 1 amide bonds. The minimum Gasteiger partial charge on any atom is -0.490 e. The van der Waals surface area contributed by atoms with Crippen LogP contribution in [0.15, 0.2) is 42.7 Å². The zero-order valence-electron chi connectivity index (χ0n) is 15.3. The molecule has 2 aromatic rings. The molecule has 2 heterocycles. The van der Waals surface area contributed by atoms with E-state index in [0.29, 0.717) is 49.4 Å². The molecule has 6 heteroatoms. The van der Waals surface area contributed by atoms with Crippen LogP contribution in [0.25, 0.3) is 0 Å². The molecule has 1 atom stereocenters. The summed E-state index contributed by atoms with van der Waals surface area (Å²) >= 11 is 0. The van der Waals surface area contributed by atoms with Gasteiger partial charge in [0, 0.05) is 49.2 Å². The molecule has 0 spiro atoms. The summed E-state index contributed by atoms with van der Waals surface area (Å²) in [5.74, 6) is 1.24. The second kappa shape index (κ2) is 8.67. The molecular formula is C20H25N3O3. The SMILES string of the molecule is CCOc1cc(C(=O)N2CCNC(C)C2)ccc1OCc1cccnc1. The van der Waals surface area contributed by atoms with Crippen molar-refractivity contribution in [3.8, 4) is 11.5 Å². The van der Waals surface area contributed by atoms with Gasteiger partial charge in [-0.2, -0.15) is 0 Å². The number of nitrogens with one attached hydrogen (secondary N) is 1. The molecule has 1 aliphatic heterocycles. The fraction of sp³-hybridized carbons (Fsp3) is 0.400. The van der Waals surface area contributed by atoms with Crippen LogP contribution in [0.2, 0.25) is 0 Å². The van der Waals surface area contributed by atoms with Crippen molar-refractivity contribution >= 4 is 5.91 Å². The van der Waals surface area contributed by atoms with Gasteiger partial charge >= 0.3 is 0 Å². The minimum atomic E-state index is 0.0260. The first kappa shape index (κ1) is 18.2. The van der Waals surface area contributed by atoms with Gasteiger partial charge < -0.3 is 19.7 Å². The Bertz CT molecular complexity index is 736. The van der Waals surface area contributed by atoms with Gasteiger partial charge in [-0.15, -0.1) is 0 Å². The molecule has 0 bridgehead atoms. The average molecular weight is 355 g/mol. The summed E-state index contributed by atoms with van der Waals surface area (Å²) in [6.45, 7) is 7.14. The number of aromatic nitrogens is 1.